The summed E-state index contributed by atoms with van der Waals surface area (Å²) in [6, 6.07) is 7.71. The van der Waals surface area contributed by atoms with Crippen molar-refractivity contribution >= 4 is 16.3 Å². The predicted octanol–water partition coefficient (Wildman–Crippen LogP) is 2.41. The molecule has 136 valence electrons. The van der Waals surface area contributed by atoms with Crippen molar-refractivity contribution < 1.29 is 9.47 Å². The monoisotopic (exact) mass is 381 g/mol. The minimum atomic E-state index is 0.236. The molecule has 0 fully saturated rings. The van der Waals surface area contributed by atoms with Gasteiger partial charge in [-0.2, -0.15) is 15.0 Å². The highest BCUT2D eigenvalue weighted by Gasteiger charge is 2.17. The van der Waals surface area contributed by atoms with E-state index in [1.54, 1.807) is 7.11 Å². The zero-order chi connectivity index (χ0) is 18.8. The number of methoxy groups -OCH3 is 1. The van der Waals surface area contributed by atoms with E-state index in [0.717, 1.165) is 37.4 Å². The van der Waals surface area contributed by atoms with Crippen LogP contribution in [0.15, 0.2) is 30.5 Å². The lowest BCUT2D eigenvalue weighted by molar-refractivity contribution is 0.101. The maximum Gasteiger partial charge on any atom is 0.213 e. The highest BCUT2D eigenvalue weighted by Crippen LogP contribution is 2.29. The van der Waals surface area contributed by atoms with Gasteiger partial charge in [-0.3, -0.25) is 0 Å². The summed E-state index contributed by atoms with van der Waals surface area (Å²) in [5.41, 5.74) is 3.21. The maximum absolute atomic E-state index is 8.79. The quantitative estimate of drug-likeness (QED) is 0.505. The van der Waals surface area contributed by atoms with Gasteiger partial charge in [-0.1, -0.05) is 16.6 Å². The molecule has 27 heavy (non-hydrogen) atoms. The van der Waals surface area contributed by atoms with Crippen LogP contribution in [0.25, 0.3) is 16.2 Å². The van der Waals surface area contributed by atoms with E-state index in [4.69, 9.17) is 19.7 Å². The molecule has 0 saturated heterocycles. The van der Waals surface area contributed by atoms with Gasteiger partial charge in [-0.05, 0) is 31.2 Å². The molecule has 0 spiro atoms. The highest BCUT2D eigenvalue weighted by molar-refractivity contribution is 7.16. The molecular formula is C17H15N7O2S. The first-order valence-corrected chi connectivity index (χ1v) is 8.88. The van der Waals surface area contributed by atoms with Crippen molar-refractivity contribution in [2.45, 2.75) is 20.1 Å². The fraction of sp³-hybridized carbons (Fsp3) is 0.235. The van der Waals surface area contributed by atoms with Crippen LogP contribution >= 0.6 is 11.3 Å². The molecule has 3 aromatic heterocycles. The highest BCUT2D eigenvalue weighted by atomic mass is 32.1. The average molecular weight is 381 g/mol. The largest absolute Gasteiger partial charge is 0.497 e. The Morgan fingerprint density at radius 1 is 1.22 bits per heavy atom. The summed E-state index contributed by atoms with van der Waals surface area (Å²) in [5, 5.41) is 21.8. The van der Waals surface area contributed by atoms with Gasteiger partial charge in [-0.25, -0.2) is 9.50 Å². The van der Waals surface area contributed by atoms with Gasteiger partial charge < -0.3 is 9.47 Å². The number of hydrogen-bond acceptors (Lipinski definition) is 8. The van der Waals surface area contributed by atoms with Crippen LogP contribution in [0.3, 0.4) is 0 Å². The molecule has 4 aromatic rings. The Kier molecular flexibility index (Phi) is 4.53. The van der Waals surface area contributed by atoms with Crippen LogP contribution < -0.4 is 4.74 Å². The van der Waals surface area contributed by atoms with Crippen LogP contribution in [0.5, 0.6) is 5.75 Å². The van der Waals surface area contributed by atoms with Crippen molar-refractivity contribution in [2.75, 3.05) is 7.11 Å². The SMILES string of the molecule is COc1ccc(-c2nc3sc(C)nn3c2COCc2cn(C#N)nn2)cc1. The maximum atomic E-state index is 8.79. The van der Waals surface area contributed by atoms with Crippen LogP contribution in [0.1, 0.15) is 16.4 Å². The van der Waals surface area contributed by atoms with E-state index in [-0.39, 0.29) is 6.61 Å². The number of nitrogens with zero attached hydrogens (tertiary/aromatic N) is 7. The summed E-state index contributed by atoms with van der Waals surface area (Å²) in [6.45, 7) is 2.47. The normalized spacial score (nSPS) is 11.0. The third kappa shape index (κ3) is 3.38. The molecule has 3 heterocycles. The lowest BCUT2D eigenvalue weighted by Crippen LogP contribution is -2.01. The Morgan fingerprint density at radius 2 is 2.04 bits per heavy atom. The lowest BCUT2D eigenvalue weighted by Gasteiger charge is -2.06. The van der Waals surface area contributed by atoms with Crippen molar-refractivity contribution in [2.24, 2.45) is 0 Å². The molecule has 0 aliphatic heterocycles. The number of nitriles is 1. The molecule has 0 aliphatic rings. The minimum absolute atomic E-state index is 0.236. The molecule has 9 nitrogen and oxygen atoms in total. The summed E-state index contributed by atoms with van der Waals surface area (Å²) in [5.74, 6) is 0.784. The third-order valence-electron chi connectivity index (χ3n) is 3.89. The van der Waals surface area contributed by atoms with Crippen LogP contribution in [0.4, 0.5) is 0 Å². The number of benzene rings is 1. The molecule has 10 heteroatoms. The zero-order valence-corrected chi connectivity index (χ0v) is 15.5. The summed E-state index contributed by atoms with van der Waals surface area (Å²) in [4.78, 5) is 5.54. The molecule has 0 atom stereocenters. The van der Waals surface area contributed by atoms with E-state index in [9.17, 15) is 0 Å². The number of aromatic nitrogens is 6. The molecule has 0 saturated carbocycles. The van der Waals surface area contributed by atoms with Crippen molar-refractivity contribution in [3.05, 3.63) is 46.9 Å². The van der Waals surface area contributed by atoms with Gasteiger partial charge in [0.25, 0.3) is 0 Å². The number of rotatable bonds is 6. The summed E-state index contributed by atoms with van der Waals surface area (Å²) in [6.07, 6.45) is 3.40. The second kappa shape index (κ2) is 7.14. The minimum Gasteiger partial charge on any atom is -0.497 e. The molecule has 0 bridgehead atoms. The molecule has 0 unspecified atom stereocenters. The number of hydrogen-bond donors (Lipinski definition) is 0. The van der Waals surface area contributed by atoms with Gasteiger partial charge in [0.15, 0.2) is 0 Å². The van der Waals surface area contributed by atoms with Crippen LogP contribution in [-0.2, 0) is 18.0 Å². The zero-order valence-electron chi connectivity index (χ0n) is 14.7. The Bertz CT molecular complexity index is 1120. The van der Waals surface area contributed by atoms with Gasteiger partial charge in [0.2, 0.25) is 11.2 Å². The summed E-state index contributed by atoms with van der Waals surface area (Å²) in [7, 11) is 1.63. The van der Waals surface area contributed by atoms with Gasteiger partial charge in [0.1, 0.15) is 16.5 Å². The Morgan fingerprint density at radius 3 is 2.74 bits per heavy atom. The standard InChI is InChI=1S/C17H15N7O2S/c1-11-21-24-15(9-26-8-13-7-23(10-18)22-20-13)16(19-17(24)27-11)12-3-5-14(25-2)6-4-12/h3-7H,8-9H2,1-2H3. The van der Waals surface area contributed by atoms with Crippen LogP contribution in [0.2, 0.25) is 0 Å². The first-order chi connectivity index (χ1) is 13.2. The van der Waals surface area contributed by atoms with Crippen molar-refractivity contribution in [3.8, 4) is 23.2 Å². The fourth-order valence-corrected chi connectivity index (χ4v) is 3.42. The van der Waals surface area contributed by atoms with Gasteiger partial charge in [0.05, 0.1) is 37.9 Å². The predicted molar refractivity (Wildman–Crippen MR) is 97.1 cm³/mol. The van der Waals surface area contributed by atoms with E-state index >= 15 is 0 Å². The molecule has 0 amide bonds. The van der Waals surface area contributed by atoms with E-state index in [2.05, 4.69) is 15.4 Å². The van der Waals surface area contributed by atoms with Gasteiger partial charge >= 0.3 is 0 Å². The molecule has 0 aliphatic carbocycles. The van der Waals surface area contributed by atoms with E-state index < -0.39 is 0 Å². The van der Waals surface area contributed by atoms with Crippen molar-refractivity contribution in [1.82, 2.24) is 29.6 Å². The third-order valence-corrected chi connectivity index (χ3v) is 4.72. The molecule has 0 N–H and O–H groups in total. The van der Waals surface area contributed by atoms with Crippen LogP contribution in [0, 0.1) is 18.4 Å². The van der Waals surface area contributed by atoms with Crippen molar-refractivity contribution in [1.29, 1.82) is 5.26 Å². The Hall–Kier alpha value is -3.29. The number of ether oxygens (including phenoxy) is 2. The van der Waals surface area contributed by atoms with Gasteiger partial charge in [-0.15, -0.1) is 5.10 Å². The lowest BCUT2D eigenvalue weighted by atomic mass is 10.1. The second-order valence-corrected chi connectivity index (χ2v) is 6.86. The number of fused-ring (bicyclic) bond motifs is 1. The van der Waals surface area contributed by atoms with E-state index in [1.807, 2.05) is 41.9 Å². The Labute approximate surface area is 158 Å². The van der Waals surface area contributed by atoms with Crippen molar-refractivity contribution in [3.63, 3.8) is 0 Å². The smallest absolute Gasteiger partial charge is 0.213 e. The molecule has 4 rings (SSSR count). The first-order valence-electron chi connectivity index (χ1n) is 8.06. The number of aryl methyl sites for hydroxylation is 1. The summed E-state index contributed by atoms with van der Waals surface area (Å²) >= 11 is 1.52. The molecule has 1 aromatic carbocycles. The average Bonchev–Trinajstić information content (AvgIpc) is 3.37. The Balaban J connectivity index is 1.61. The van der Waals surface area contributed by atoms with E-state index in [1.165, 1.54) is 17.5 Å². The van der Waals surface area contributed by atoms with Crippen LogP contribution in [-0.4, -0.2) is 36.7 Å². The number of imidazole rings is 1. The first kappa shape index (κ1) is 17.1. The summed E-state index contributed by atoms with van der Waals surface area (Å²) < 4.78 is 13.9. The second-order valence-electron chi connectivity index (χ2n) is 5.70. The molecule has 0 radical (unpaired) electrons. The van der Waals surface area contributed by atoms with Gasteiger partial charge in [0, 0.05) is 5.56 Å². The van der Waals surface area contributed by atoms with E-state index in [0.29, 0.717) is 12.3 Å². The molecular weight excluding hydrogens is 366 g/mol. The topological polar surface area (TPSA) is 103 Å². The fourth-order valence-electron chi connectivity index (χ4n) is 2.66.